The fraction of sp³-hybridized carbons (Fsp3) is 0.800. The Morgan fingerprint density at radius 2 is 2.00 bits per heavy atom. The van der Waals surface area contributed by atoms with E-state index in [4.69, 9.17) is 0 Å². The van der Waals surface area contributed by atoms with E-state index < -0.39 is 17.2 Å². The van der Waals surface area contributed by atoms with Crippen molar-refractivity contribution in [1.29, 1.82) is 0 Å². The summed E-state index contributed by atoms with van der Waals surface area (Å²) in [6.45, 7) is 1.22. The maximum Gasteiger partial charge on any atom is 0.442 e. The zero-order valence-corrected chi connectivity index (χ0v) is 6.34. The van der Waals surface area contributed by atoms with Crippen LogP contribution in [0.25, 0.3) is 0 Å². The molecule has 0 unspecified atom stereocenters. The molecule has 11 heavy (non-hydrogen) atoms. The van der Waals surface area contributed by atoms with E-state index in [9.17, 15) is 18.0 Å². The second-order valence-corrected chi connectivity index (χ2v) is 3.16. The van der Waals surface area contributed by atoms with Crippen LogP contribution >= 0.6 is 11.8 Å². The van der Waals surface area contributed by atoms with Crippen LogP contribution in [0.15, 0.2) is 0 Å². The third kappa shape index (κ3) is 3.50. The minimum atomic E-state index is -4.29. The first-order valence-corrected chi connectivity index (χ1v) is 3.96. The Labute approximate surface area is 65.7 Å². The Hall–Kier alpha value is -0.390. The minimum absolute atomic E-state index is 0.281. The van der Waals surface area contributed by atoms with Crippen LogP contribution in [0.3, 0.4) is 0 Å². The lowest BCUT2D eigenvalue weighted by atomic mass is 10.7. The Kier molecular flexibility index (Phi) is 2.31. The highest BCUT2D eigenvalue weighted by atomic mass is 32.2. The Bertz CT molecular complexity index is 166. The molecule has 1 amide bonds. The summed E-state index contributed by atoms with van der Waals surface area (Å²) in [5.74, 6) is -0.906. The fourth-order valence-corrected chi connectivity index (χ4v) is 1.00. The Balaban J connectivity index is 2.16. The summed E-state index contributed by atoms with van der Waals surface area (Å²) in [4.78, 5) is 12.0. The molecule has 0 radical (unpaired) electrons. The highest BCUT2D eigenvalue weighted by molar-refractivity contribution is 8.00. The number of alkyl halides is 3. The van der Waals surface area contributed by atoms with Gasteiger partial charge in [-0.1, -0.05) is 0 Å². The molecule has 0 spiro atoms. The van der Waals surface area contributed by atoms with E-state index in [1.54, 1.807) is 0 Å². The first kappa shape index (κ1) is 8.70. The van der Waals surface area contributed by atoms with Crippen molar-refractivity contribution < 1.29 is 18.0 Å². The summed E-state index contributed by atoms with van der Waals surface area (Å²) >= 11 is -0.281. The molecule has 0 aromatic heterocycles. The van der Waals surface area contributed by atoms with E-state index in [0.29, 0.717) is 13.1 Å². The van der Waals surface area contributed by atoms with E-state index in [1.165, 1.54) is 4.90 Å². The van der Waals surface area contributed by atoms with Crippen molar-refractivity contribution >= 4 is 17.7 Å². The van der Waals surface area contributed by atoms with Gasteiger partial charge in [0.05, 0.1) is 5.75 Å². The van der Waals surface area contributed by atoms with Gasteiger partial charge < -0.3 is 4.90 Å². The normalized spacial score (nSPS) is 16.8. The number of amides is 1. The number of nitrogens with zero attached hydrogens (tertiary/aromatic N) is 1. The smallest absolute Gasteiger partial charge is 0.338 e. The second kappa shape index (κ2) is 2.92. The molecule has 1 heterocycles. The molecule has 6 heteroatoms. The third-order valence-corrected chi connectivity index (χ3v) is 1.88. The molecule has 1 fully saturated rings. The predicted molar refractivity (Wildman–Crippen MR) is 35.1 cm³/mol. The van der Waals surface area contributed by atoms with Crippen LogP contribution in [0, 0.1) is 0 Å². The summed E-state index contributed by atoms with van der Waals surface area (Å²) in [5.41, 5.74) is -4.29. The van der Waals surface area contributed by atoms with Crippen molar-refractivity contribution in [2.75, 3.05) is 18.8 Å². The standard InChI is InChI=1S/C5H6F3NOS/c6-5(7,8)11-3-4(10)9-1-2-9/h1-3H2. The number of carbonyl (C=O) groups is 1. The van der Waals surface area contributed by atoms with Gasteiger partial charge in [0.15, 0.2) is 0 Å². The van der Waals surface area contributed by atoms with E-state index in [0.717, 1.165) is 0 Å². The van der Waals surface area contributed by atoms with Crippen LogP contribution in [0.4, 0.5) is 13.2 Å². The van der Waals surface area contributed by atoms with Gasteiger partial charge in [0.2, 0.25) is 5.91 Å². The zero-order chi connectivity index (χ0) is 8.48. The molecule has 1 aliphatic rings. The molecule has 0 aromatic carbocycles. The van der Waals surface area contributed by atoms with Gasteiger partial charge in [0.1, 0.15) is 0 Å². The fourth-order valence-electron chi connectivity index (χ4n) is 0.534. The van der Waals surface area contributed by atoms with Gasteiger partial charge in [0, 0.05) is 13.1 Å². The van der Waals surface area contributed by atoms with Crippen LogP contribution in [0.2, 0.25) is 0 Å². The summed E-state index contributed by atoms with van der Waals surface area (Å²) in [6.07, 6.45) is 0. The molecule has 0 aliphatic carbocycles. The lowest BCUT2D eigenvalue weighted by Gasteiger charge is -2.04. The monoisotopic (exact) mass is 185 g/mol. The van der Waals surface area contributed by atoms with Crippen molar-refractivity contribution in [3.63, 3.8) is 0 Å². The van der Waals surface area contributed by atoms with Crippen molar-refractivity contribution in [3.05, 3.63) is 0 Å². The number of halogens is 3. The van der Waals surface area contributed by atoms with Crippen LogP contribution < -0.4 is 0 Å². The van der Waals surface area contributed by atoms with Gasteiger partial charge in [0.25, 0.3) is 0 Å². The van der Waals surface area contributed by atoms with Gasteiger partial charge in [-0.05, 0) is 11.8 Å². The molecule has 1 saturated heterocycles. The molecular weight excluding hydrogens is 179 g/mol. The van der Waals surface area contributed by atoms with Crippen LogP contribution in [0.5, 0.6) is 0 Å². The van der Waals surface area contributed by atoms with Gasteiger partial charge >= 0.3 is 5.51 Å². The molecule has 1 aliphatic heterocycles. The largest absolute Gasteiger partial charge is 0.442 e. The lowest BCUT2D eigenvalue weighted by molar-refractivity contribution is -0.123. The average Bonchev–Trinajstić information content (AvgIpc) is 2.61. The number of thioether (sulfide) groups is 1. The molecule has 0 N–H and O–H groups in total. The summed E-state index contributed by atoms with van der Waals surface area (Å²) < 4.78 is 34.5. The Morgan fingerprint density at radius 3 is 2.36 bits per heavy atom. The maximum absolute atomic E-state index is 11.5. The molecule has 1 rings (SSSR count). The summed E-state index contributed by atoms with van der Waals surface area (Å²) in [6, 6.07) is 0. The highest BCUT2D eigenvalue weighted by Gasteiger charge is 2.32. The van der Waals surface area contributed by atoms with Gasteiger partial charge in [-0.3, -0.25) is 4.79 Å². The molecule has 0 atom stereocenters. The van der Waals surface area contributed by atoms with Gasteiger partial charge in [-0.15, -0.1) is 0 Å². The van der Waals surface area contributed by atoms with Gasteiger partial charge in [-0.25, -0.2) is 0 Å². The Morgan fingerprint density at radius 1 is 1.45 bits per heavy atom. The quantitative estimate of drug-likeness (QED) is 0.600. The second-order valence-electron chi connectivity index (χ2n) is 2.12. The van der Waals surface area contributed by atoms with Crippen molar-refractivity contribution in [1.82, 2.24) is 4.90 Å². The number of hydrogen-bond acceptors (Lipinski definition) is 2. The van der Waals surface area contributed by atoms with E-state index in [-0.39, 0.29) is 11.8 Å². The highest BCUT2D eigenvalue weighted by Crippen LogP contribution is 2.30. The van der Waals surface area contributed by atoms with Crippen LogP contribution in [-0.4, -0.2) is 35.2 Å². The minimum Gasteiger partial charge on any atom is -0.338 e. The third-order valence-electron chi connectivity index (χ3n) is 1.16. The molecule has 64 valence electrons. The average molecular weight is 185 g/mol. The molecule has 2 nitrogen and oxygen atoms in total. The van der Waals surface area contributed by atoms with Crippen molar-refractivity contribution in [2.24, 2.45) is 0 Å². The number of rotatable bonds is 2. The van der Waals surface area contributed by atoms with Crippen LogP contribution in [-0.2, 0) is 4.79 Å². The zero-order valence-electron chi connectivity index (χ0n) is 5.52. The van der Waals surface area contributed by atoms with E-state index in [1.807, 2.05) is 0 Å². The summed E-state index contributed by atoms with van der Waals surface area (Å²) in [7, 11) is 0. The molecule has 0 aromatic rings. The topological polar surface area (TPSA) is 20.1 Å². The van der Waals surface area contributed by atoms with E-state index >= 15 is 0 Å². The van der Waals surface area contributed by atoms with E-state index in [2.05, 4.69) is 0 Å². The van der Waals surface area contributed by atoms with Crippen LogP contribution in [0.1, 0.15) is 0 Å². The lowest BCUT2D eigenvalue weighted by Crippen LogP contribution is -2.16. The first-order chi connectivity index (χ1) is 4.99. The predicted octanol–water partition coefficient (Wildman–Crippen LogP) is 1.08. The first-order valence-electron chi connectivity index (χ1n) is 2.97. The molecule has 0 saturated carbocycles. The molecule has 0 bridgehead atoms. The van der Waals surface area contributed by atoms with Crippen molar-refractivity contribution in [2.45, 2.75) is 5.51 Å². The van der Waals surface area contributed by atoms with Crippen molar-refractivity contribution in [3.8, 4) is 0 Å². The maximum atomic E-state index is 11.5. The SMILES string of the molecule is O=C(CSC(F)(F)F)N1CC1. The van der Waals surface area contributed by atoms with Gasteiger partial charge in [-0.2, -0.15) is 13.2 Å². The molecular formula is C5H6F3NOS. The number of carbonyl (C=O) groups excluding carboxylic acids is 1. The summed E-state index contributed by atoms with van der Waals surface area (Å²) in [5, 5.41) is 0. The number of hydrogen-bond donors (Lipinski definition) is 0.